The third-order valence-corrected chi connectivity index (χ3v) is 3.17. The van der Waals surface area contributed by atoms with Gasteiger partial charge in [-0.3, -0.25) is 0 Å². The molecule has 0 aliphatic rings. The monoisotopic (exact) mass is 291 g/mol. The number of hydrogen-bond donors (Lipinski definition) is 2. The van der Waals surface area contributed by atoms with Crippen molar-refractivity contribution in [1.29, 1.82) is 0 Å². The summed E-state index contributed by atoms with van der Waals surface area (Å²) in [4.78, 5) is 13.1. The van der Waals surface area contributed by atoms with Crippen molar-refractivity contribution in [1.82, 2.24) is 15.0 Å². The molecule has 1 aromatic heterocycles. The summed E-state index contributed by atoms with van der Waals surface area (Å²) in [5.41, 5.74) is 3.06. The Kier molecular flexibility index (Phi) is 3.96. The second-order valence-electron chi connectivity index (χ2n) is 4.96. The van der Waals surface area contributed by atoms with Crippen LogP contribution in [0.15, 0.2) is 54.6 Å². The smallest absolute Gasteiger partial charge is 0.232 e. The van der Waals surface area contributed by atoms with Crippen LogP contribution in [0.4, 0.5) is 23.3 Å². The van der Waals surface area contributed by atoms with Crippen LogP contribution in [0.5, 0.6) is 0 Å². The van der Waals surface area contributed by atoms with Gasteiger partial charge >= 0.3 is 0 Å². The molecule has 0 atom stereocenters. The van der Waals surface area contributed by atoms with E-state index in [-0.39, 0.29) is 0 Å². The van der Waals surface area contributed by atoms with Gasteiger partial charge in [-0.15, -0.1) is 0 Å². The van der Waals surface area contributed by atoms with Crippen molar-refractivity contribution in [3.8, 4) is 0 Å². The molecule has 0 saturated carbocycles. The average molecular weight is 291 g/mol. The summed E-state index contributed by atoms with van der Waals surface area (Å²) in [6.45, 7) is 3.89. The number of aromatic nitrogens is 3. The van der Waals surface area contributed by atoms with E-state index in [2.05, 4.69) is 25.6 Å². The number of hydrogen-bond acceptors (Lipinski definition) is 5. The predicted molar refractivity (Wildman–Crippen MR) is 88.8 cm³/mol. The number of nitrogens with one attached hydrogen (secondary N) is 2. The number of aryl methyl sites for hydroxylation is 2. The van der Waals surface area contributed by atoms with Gasteiger partial charge in [-0.05, 0) is 37.6 Å². The fraction of sp³-hybridized carbons (Fsp3) is 0.118. The summed E-state index contributed by atoms with van der Waals surface area (Å²) in [6.07, 6.45) is 0. The van der Waals surface area contributed by atoms with Gasteiger partial charge in [0.1, 0.15) is 5.82 Å². The van der Waals surface area contributed by atoms with Gasteiger partial charge in [0.25, 0.3) is 0 Å². The van der Waals surface area contributed by atoms with Crippen molar-refractivity contribution in [3.63, 3.8) is 0 Å². The van der Waals surface area contributed by atoms with Gasteiger partial charge in [0.05, 0.1) is 0 Å². The molecule has 110 valence electrons. The molecule has 0 aliphatic carbocycles. The van der Waals surface area contributed by atoms with Gasteiger partial charge in [0.15, 0.2) is 0 Å². The minimum absolute atomic E-state index is 0.523. The first-order valence-corrected chi connectivity index (χ1v) is 7.08. The van der Waals surface area contributed by atoms with Gasteiger partial charge in [0.2, 0.25) is 11.9 Å². The standard InChI is InChI=1S/C17H17N5/c1-12-8-6-7-11-15(12)21-17-19-13(2)18-16(22-17)20-14-9-4-3-5-10-14/h3-11H,1-2H3,(H2,18,19,20,21,22). The summed E-state index contributed by atoms with van der Waals surface area (Å²) in [7, 11) is 0. The Hall–Kier alpha value is -2.95. The first-order chi connectivity index (χ1) is 10.7. The molecule has 0 bridgehead atoms. The highest BCUT2D eigenvalue weighted by Gasteiger charge is 2.06. The fourth-order valence-corrected chi connectivity index (χ4v) is 2.08. The van der Waals surface area contributed by atoms with Crippen LogP contribution < -0.4 is 10.6 Å². The minimum atomic E-state index is 0.523. The highest BCUT2D eigenvalue weighted by atomic mass is 15.2. The summed E-state index contributed by atoms with van der Waals surface area (Å²) < 4.78 is 0. The lowest BCUT2D eigenvalue weighted by Gasteiger charge is -2.10. The van der Waals surface area contributed by atoms with E-state index >= 15 is 0 Å². The Balaban J connectivity index is 1.85. The number of benzene rings is 2. The Bertz CT molecular complexity index is 771. The van der Waals surface area contributed by atoms with Crippen molar-refractivity contribution >= 4 is 23.3 Å². The van der Waals surface area contributed by atoms with E-state index in [4.69, 9.17) is 0 Å². The van der Waals surface area contributed by atoms with Crippen LogP contribution in [0.2, 0.25) is 0 Å². The van der Waals surface area contributed by atoms with Crippen molar-refractivity contribution in [2.24, 2.45) is 0 Å². The Morgan fingerprint density at radius 2 is 1.32 bits per heavy atom. The first-order valence-electron chi connectivity index (χ1n) is 7.08. The number of anilines is 4. The molecule has 0 radical (unpaired) electrons. The van der Waals surface area contributed by atoms with Crippen LogP contribution in [0.25, 0.3) is 0 Å². The average Bonchev–Trinajstić information content (AvgIpc) is 2.50. The molecule has 0 fully saturated rings. The molecule has 1 heterocycles. The molecule has 0 saturated heterocycles. The molecule has 5 heteroatoms. The molecule has 0 unspecified atom stereocenters. The highest BCUT2D eigenvalue weighted by molar-refractivity contribution is 5.60. The van der Waals surface area contributed by atoms with Crippen molar-refractivity contribution in [2.75, 3.05) is 10.6 Å². The zero-order chi connectivity index (χ0) is 15.4. The summed E-state index contributed by atoms with van der Waals surface area (Å²) >= 11 is 0. The Labute approximate surface area is 129 Å². The summed E-state index contributed by atoms with van der Waals surface area (Å²) in [5.74, 6) is 1.71. The van der Waals surface area contributed by atoms with Gasteiger partial charge in [-0.1, -0.05) is 36.4 Å². The summed E-state index contributed by atoms with van der Waals surface area (Å²) in [5, 5.41) is 6.42. The predicted octanol–water partition coefficient (Wildman–Crippen LogP) is 3.98. The van der Waals surface area contributed by atoms with Crippen molar-refractivity contribution in [2.45, 2.75) is 13.8 Å². The maximum absolute atomic E-state index is 4.42. The largest absolute Gasteiger partial charge is 0.324 e. The minimum Gasteiger partial charge on any atom is -0.324 e. The van der Waals surface area contributed by atoms with E-state index in [0.717, 1.165) is 16.9 Å². The number of rotatable bonds is 4. The molecule has 0 spiro atoms. The number of para-hydroxylation sites is 2. The number of nitrogens with zero attached hydrogens (tertiary/aromatic N) is 3. The zero-order valence-electron chi connectivity index (χ0n) is 12.5. The van der Waals surface area contributed by atoms with Crippen LogP contribution >= 0.6 is 0 Å². The molecule has 2 aromatic carbocycles. The Morgan fingerprint density at radius 3 is 2.05 bits per heavy atom. The quantitative estimate of drug-likeness (QED) is 0.761. The van der Waals surface area contributed by atoms with E-state index in [1.165, 1.54) is 0 Å². The topological polar surface area (TPSA) is 62.7 Å². The van der Waals surface area contributed by atoms with Gasteiger partial charge in [0, 0.05) is 11.4 Å². The van der Waals surface area contributed by atoms with E-state index in [0.29, 0.717) is 17.7 Å². The van der Waals surface area contributed by atoms with E-state index in [1.807, 2.05) is 68.4 Å². The molecule has 3 aromatic rings. The van der Waals surface area contributed by atoms with E-state index in [1.54, 1.807) is 0 Å². The van der Waals surface area contributed by atoms with Crippen LogP contribution in [0.1, 0.15) is 11.4 Å². The molecule has 5 nitrogen and oxygen atoms in total. The van der Waals surface area contributed by atoms with E-state index in [9.17, 15) is 0 Å². The first kappa shape index (κ1) is 14.0. The molecular weight excluding hydrogens is 274 g/mol. The second kappa shape index (κ2) is 6.22. The lowest BCUT2D eigenvalue weighted by molar-refractivity contribution is 0.989. The third-order valence-electron chi connectivity index (χ3n) is 3.17. The van der Waals surface area contributed by atoms with E-state index < -0.39 is 0 Å². The van der Waals surface area contributed by atoms with Crippen molar-refractivity contribution in [3.05, 3.63) is 66.0 Å². The van der Waals surface area contributed by atoms with Crippen LogP contribution in [-0.4, -0.2) is 15.0 Å². The van der Waals surface area contributed by atoms with Gasteiger partial charge in [-0.25, -0.2) is 0 Å². The second-order valence-corrected chi connectivity index (χ2v) is 4.96. The van der Waals surface area contributed by atoms with Gasteiger partial charge in [-0.2, -0.15) is 15.0 Å². The molecule has 3 rings (SSSR count). The normalized spacial score (nSPS) is 10.3. The maximum Gasteiger partial charge on any atom is 0.232 e. The SMILES string of the molecule is Cc1nc(Nc2ccccc2)nc(Nc2ccccc2C)n1. The van der Waals surface area contributed by atoms with Crippen LogP contribution in [0, 0.1) is 13.8 Å². The lowest BCUT2D eigenvalue weighted by Crippen LogP contribution is -2.05. The molecular formula is C17H17N5. The third kappa shape index (κ3) is 3.38. The molecule has 0 amide bonds. The maximum atomic E-state index is 4.42. The molecule has 0 aliphatic heterocycles. The summed E-state index contributed by atoms with van der Waals surface area (Å²) in [6, 6.07) is 17.8. The fourth-order valence-electron chi connectivity index (χ4n) is 2.08. The zero-order valence-corrected chi connectivity index (χ0v) is 12.5. The highest BCUT2D eigenvalue weighted by Crippen LogP contribution is 2.19. The van der Waals surface area contributed by atoms with Gasteiger partial charge < -0.3 is 10.6 Å². The molecule has 22 heavy (non-hydrogen) atoms. The lowest BCUT2D eigenvalue weighted by atomic mass is 10.2. The Morgan fingerprint density at radius 1 is 0.682 bits per heavy atom. The van der Waals surface area contributed by atoms with Crippen LogP contribution in [0.3, 0.4) is 0 Å². The van der Waals surface area contributed by atoms with Crippen molar-refractivity contribution < 1.29 is 0 Å². The molecule has 2 N–H and O–H groups in total. The van der Waals surface area contributed by atoms with Crippen LogP contribution in [-0.2, 0) is 0 Å².